The van der Waals surface area contributed by atoms with Gasteiger partial charge >= 0.3 is 0 Å². The van der Waals surface area contributed by atoms with Crippen molar-refractivity contribution in [2.45, 2.75) is 93.4 Å². The van der Waals surface area contributed by atoms with Crippen molar-refractivity contribution in [3.8, 4) is 0 Å². The summed E-state index contributed by atoms with van der Waals surface area (Å²) in [5.74, 6) is 3.46. The Morgan fingerprint density at radius 1 is 1.16 bits per heavy atom. The van der Waals surface area contributed by atoms with Crippen LogP contribution in [0.2, 0.25) is 0 Å². The molecular formula is C25H42. The molecular weight excluding hydrogens is 300 g/mol. The van der Waals surface area contributed by atoms with Gasteiger partial charge in [0.2, 0.25) is 0 Å². The van der Waals surface area contributed by atoms with Crippen molar-refractivity contribution in [2.75, 3.05) is 0 Å². The van der Waals surface area contributed by atoms with Gasteiger partial charge in [-0.1, -0.05) is 84.6 Å². The van der Waals surface area contributed by atoms with E-state index in [0.717, 1.165) is 23.7 Å². The van der Waals surface area contributed by atoms with Crippen LogP contribution in [0.1, 0.15) is 93.4 Å². The van der Waals surface area contributed by atoms with Crippen LogP contribution in [0.4, 0.5) is 0 Å². The zero-order valence-corrected chi connectivity index (χ0v) is 18.0. The summed E-state index contributed by atoms with van der Waals surface area (Å²) in [5, 5.41) is 0. The Bertz CT molecular complexity index is 550. The number of fused-ring (bicyclic) bond motifs is 4. The molecule has 25 heavy (non-hydrogen) atoms. The second-order valence-corrected chi connectivity index (χ2v) is 10.4. The molecule has 0 nitrogen and oxygen atoms in total. The average molecular weight is 343 g/mol. The van der Waals surface area contributed by atoms with Crippen LogP contribution in [0.15, 0.2) is 23.8 Å². The third kappa shape index (κ3) is 2.45. The molecule has 0 amide bonds. The molecule has 0 aromatic heterocycles. The molecule has 2 saturated carbocycles. The van der Waals surface area contributed by atoms with Crippen molar-refractivity contribution in [3.05, 3.63) is 23.8 Å². The van der Waals surface area contributed by atoms with Crippen molar-refractivity contribution < 1.29 is 0 Å². The van der Waals surface area contributed by atoms with Gasteiger partial charge in [0, 0.05) is 5.41 Å². The average Bonchev–Trinajstić information content (AvgIpc) is 2.74. The summed E-state index contributed by atoms with van der Waals surface area (Å²) >= 11 is 0. The van der Waals surface area contributed by atoms with E-state index in [4.69, 9.17) is 0 Å². The first-order valence-electron chi connectivity index (χ1n) is 11.1. The lowest BCUT2D eigenvalue weighted by Crippen LogP contribution is -2.70. The quantitative estimate of drug-likeness (QED) is 0.432. The van der Waals surface area contributed by atoms with Crippen LogP contribution in [-0.2, 0) is 0 Å². The third-order valence-corrected chi connectivity index (χ3v) is 8.98. The second-order valence-electron chi connectivity index (χ2n) is 10.4. The first kappa shape index (κ1) is 19.2. The second kappa shape index (κ2) is 6.58. The molecule has 0 aliphatic heterocycles. The topological polar surface area (TPSA) is 0 Å². The molecule has 3 rings (SSSR count). The lowest BCUT2D eigenvalue weighted by molar-refractivity contribution is -0.255. The van der Waals surface area contributed by atoms with Gasteiger partial charge in [-0.3, -0.25) is 0 Å². The Balaban J connectivity index is 2.00. The minimum atomic E-state index is 0.332. The monoisotopic (exact) mass is 342 g/mol. The van der Waals surface area contributed by atoms with Gasteiger partial charge in [-0.2, -0.15) is 0 Å². The lowest BCUT2D eigenvalue weighted by Gasteiger charge is -2.74. The Morgan fingerprint density at radius 3 is 2.52 bits per heavy atom. The zero-order chi connectivity index (χ0) is 18.5. The van der Waals surface area contributed by atoms with Crippen LogP contribution in [0.3, 0.4) is 0 Å². The predicted octanol–water partition coefficient (Wildman–Crippen LogP) is 7.80. The van der Waals surface area contributed by atoms with Crippen molar-refractivity contribution in [2.24, 2.45) is 39.9 Å². The molecule has 0 heterocycles. The highest BCUT2D eigenvalue weighted by molar-refractivity contribution is 5.38. The maximum Gasteiger partial charge on any atom is 0.00405 e. The summed E-state index contributed by atoms with van der Waals surface area (Å²) in [6, 6.07) is 0. The van der Waals surface area contributed by atoms with Gasteiger partial charge in [-0.15, -0.1) is 0 Å². The van der Waals surface area contributed by atoms with Gasteiger partial charge in [0.05, 0.1) is 0 Å². The van der Waals surface area contributed by atoms with Crippen LogP contribution >= 0.6 is 0 Å². The molecule has 0 N–H and O–H groups in total. The fourth-order valence-corrected chi connectivity index (χ4v) is 7.56. The van der Waals surface area contributed by atoms with Gasteiger partial charge in [0.1, 0.15) is 0 Å². The van der Waals surface area contributed by atoms with Gasteiger partial charge in [-0.25, -0.2) is 0 Å². The van der Waals surface area contributed by atoms with E-state index in [2.05, 4.69) is 66.7 Å². The minimum absolute atomic E-state index is 0.332. The summed E-state index contributed by atoms with van der Waals surface area (Å²) in [6.45, 7) is 17.4. The summed E-state index contributed by atoms with van der Waals surface area (Å²) < 4.78 is 0. The number of hydrogen-bond donors (Lipinski definition) is 0. The number of rotatable bonds is 6. The fourth-order valence-electron chi connectivity index (χ4n) is 7.56. The number of hydrogen-bond acceptors (Lipinski definition) is 0. The van der Waals surface area contributed by atoms with E-state index >= 15 is 0 Å². The van der Waals surface area contributed by atoms with E-state index in [1.165, 1.54) is 44.9 Å². The first-order chi connectivity index (χ1) is 11.8. The van der Waals surface area contributed by atoms with Crippen molar-refractivity contribution in [1.82, 2.24) is 0 Å². The highest BCUT2D eigenvalue weighted by Crippen LogP contribution is 2.81. The Hall–Kier alpha value is -0.520. The van der Waals surface area contributed by atoms with Crippen LogP contribution in [-0.4, -0.2) is 0 Å². The number of unbranched alkanes of at least 4 members (excludes halogenated alkanes) is 1. The molecule has 6 unspecified atom stereocenters. The Kier molecular flexibility index (Phi) is 5.06. The summed E-state index contributed by atoms with van der Waals surface area (Å²) in [5.41, 5.74) is 2.82. The molecule has 0 heteroatoms. The molecule has 2 fully saturated rings. The SMILES string of the molecule is CCCC/C(C)=C\C(CC)C12C=CC(C)(C)C1(C)C1C(C)CCCC12. The lowest BCUT2D eigenvalue weighted by atomic mass is 9.29. The van der Waals surface area contributed by atoms with E-state index in [1.54, 1.807) is 5.57 Å². The van der Waals surface area contributed by atoms with Crippen LogP contribution in [0.25, 0.3) is 0 Å². The van der Waals surface area contributed by atoms with Gasteiger partial charge in [0.15, 0.2) is 0 Å². The van der Waals surface area contributed by atoms with Gasteiger partial charge < -0.3 is 0 Å². The molecule has 3 aliphatic carbocycles. The normalized spacial score (nSPS) is 43.3. The van der Waals surface area contributed by atoms with E-state index in [1.807, 2.05) is 0 Å². The van der Waals surface area contributed by atoms with Crippen LogP contribution in [0, 0.1) is 39.9 Å². The number of allylic oxidation sites excluding steroid dienone is 4. The molecule has 142 valence electrons. The van der Waals surface area contributed by atoms with Crippen LogP contribution < -0.4 is 0 Å². The highest BCUT2D eigenvalue weighted by atomic mass is 14.8. The molecule has 3 aliphatic rings. The van der Waals surface area contributed by atoms with Gasteiger partial charge in [0.25, 0.3) is 0 Å². The van der Waals surface area contributed by atoms with E-state index in [-0.39, 0.29) is 0 Å². The first-order valence-corrected chi connectivity index (χ1v) is 11.1. The van der Waals surface area contributed by atoms with E-state index in [0.29, 0.717) is 16.2 Å². The molecule has 6 atom stereocenters. The molecule has 0 aromatic carbocycles. The zero-order valence-electron chi connectivity index (χ0n) is 18.0. The molecule has 0 radical (unpaired) electrons. The third-order valence-electron chi connectivity index (χ3n) is 8.98. The Labute approximate surface area is 157 Å². The van der Waals surface area contributed by atoms with Crippen molar-refractivity contribution >= 4 is 0 Å². The standard InChI is InChI=1S/C25H42/c1-8-10-12-18(3)17-20(9-2)25-16-15-23(5,6)24(25,7)22-19(4)13-11-14-21(22)25/h15-17,19-22H,8-14H2,1-7H3/b18-17-. The Morgan fingerprint density at radius 2 is 1.88 bits per heavy atom. The predicted molar refractivity (Wildman–Crippen MR) is 111 cm³/mol. The molecule has 0 bridgehead atoms. The summed E-state index contributed by atoms with van der Waals surface area (Å²) in [4.78, 5) is 0. The molecule has 0 spiro atoms. The molecule has 0 aromatic rings. The summed E-state index contributed by atoms with van der Waals surface area (Å²) in [7, 11) is 0. The maximum atomic E-state index is 2.71. The summed E-state index contributed by atoms with van der Waals surface area (Å²) in [6.07, 6.45) is 17.6. The minimum Gasteiger partial charge on any atom is -0.0817 e. The van der Waals surface area contributed by atoms with E-state index in [9.17, 15) is 0 Å². The highest BCUT2D eigenvalue weighted by Gasteiger charge is 2.76. The van der Waals surface area contributed by atoms with Crippen molar-refractivity contribution in [3.63, 3.8) is 0 Å². The van der Waals surface area contributed by atoms with Crippen molar-refractivity contribution in [1.29, 1.82) is 0 Å². The molecule has 0 saturated heterocycles. The fraction of sp³-hybridized carbons (Fsp3) is 0.840. The smallest absolute Gasteiger partial charge is 0.00405 e. The maximum absolute atomic E-state index is 2.71. The largest absolute Gasteiger partial charge is 0.0817 e. The van der Waals surface area contributed by atoms with Crippen LogP contribution in [0.5, 0.6) is 0 Å². The van der Waals surface area contributed by atoms with E-state index < -0.39 is 0 Å². The van der Waals surface area contributed by atoms with Gasteiger partial charge in [-0.05, 0) is 67.1 Å².